The molecule has 0 saturated carbocycles. The number of aryl methyl sites for hydroxylation is 2. The molecule has 1 aliphatic carbocycles. The summed E-state index contributed by atoms with van der Waals surface area (Å²) in [6, 6.07) is 16.2. The molecule has 0 saturated heterocycles. The first-order valence-electron chi connectivity index (χ1n) is 8.70. The van der Waals surface area contributed by atoms with E-state index in [1.54, 1.807) is 0 Å². The molecule has 1 aliphatic rings. The Bertz CT molecular complexity index is 947. The average Bonchev–Trinajstić information content (AvgIpc) is 3.21. The summed E-state index contributed by atoms with van der Waals surface area (Å²) in [6.45, 7) is 1.87. The number of fused-ring (bicyclic) bond motifs is 1. The van der Waals surface area contributed by atoms with Gasteiger partial charge < -0.3 is 9.84 Å². The molecule has 1 amide bonds. The second kappa shape index (κ2) is 7.08. The van der Waals surface area contributed by atoms with Crippen molar-refractivity contribution in [3.8, 4) is 11.3 Å². The first kappa shape index (κ1) is 17.0. The summed E-state index contributed by atoms with van der Waals surface area (Å²) >= 11 is 3.43. The van der Waals surface area contributed by atoms with Gasteiger partial charge in [-0.2, -0.15) is 0 Å². The fraction of sp³-hybridized carbons (Fsp3) is 0.238. The minimum atomic E-state index is -0.00337. The minimum Gasteiger partial charge on any atom is -0.356 e. The zero-order valence-electron chi connectivity index (χ0n) is 14.5. The molecule has 0 unspecified atom stereocenters. The molecule has 26 heavy (non-hydrogen) atoms. The van der Waals surface area contributed by atoms with Crippen molar-refractivity contribution < 1.29 is 9.32 Å². The van der Waals surface area contributed by atoms with Gasteiger partial charge in [-0.3, -0.25) is 4.79 Å². The van der Waals surface area contributed by atoms with E-state index in [1.807, 2.05) is 43.3 Å². The fourth-order valence-corrected chi connectivity index (χ4v) is 3.80. The number of halogens is 1. The Morgan fingerprint density at radius 3 is 2.81 bits per heavy atom. The second-order valence-corrected chi connectivity index (χ2v) is 7.53. The van der Waals surface area contributed by atoms with Crippen molar-refractivity contribution in [1.82, 2.24) is 10.5 Å². The number of hydrogen-bond donors (Lipinski definition) is 1. The Morgan fingerprint density at radius 2 is 2.00 bits per heavy atom. The first-order chi connectivity index (χ1) is 12.6. The van der Waals surface area contributed by atoms with Crippen molar-refractivity contribution in [2.24, 2.45) is 0 Å². The number of rotatable bonds is 4. The van der Waals surface area contributed by atoms with Gasteiger partial charge >= 0.3 is 0 Å². The lowest BCUT2D eigenvalue weighted by atomic mass is 10.0. The van der Waals surface area contributed by atoms with Crippen LogP contribution < -0.4 is 5.32 Å². The largest absolute Gasteiger partial charge is 0.356 e. The molecule has 0 aliphatic heterocycles. The summed E-state index contributed by atoms with van der Waals surface area (Å²) in [5, 5.41) is 7.24. The SMILES string of the molecule is Cc1noc(-c2ccc(Br)cc2)c1CC(=O)N[C@@H]1CCc2ccccc21. The molecule has 2 aromatic carbocycles. The summed E-state index contributed by atoms with van der Waals surface area (Å²) in [5.41, 5.74) is 5.08. The molecule has 0 fully saturated rings. The molecular weight excluding hydrogens is 392 g/mol. The molecule has 1 N–H and O–H groups in total. The monoisotopic (exact) mass is 410 g/mol. The summed E-state index contributed by atoms with van der Waals surface area (Å²) in [5.74, 6) is 0.660. The van der Waals surface area contributed by atoms with E-state index in [4.69, 9.17) is 4.52 Å². The molecule has 0 bridgehead atoms. The molecule has 1 atom stereocenters. The maximum atomic E-state index is 12.7. The van der Waals surface area contributed by atoms with E-state index in [9.17, 15) is 4.79 Å². The number of amides is 1. The smallest absolute Gasteiger partial charge is 0.225 e. The van der Waals surface area contributed by atoms with E-state index in [2.05, 4.69) is 38.5 Å². The predicted molar refractivity (Wildman–Crippen MR) is 104 cm³/mol. The van der Waals surface area contributed by atoms with Crippen molar-refractivity contribution in [2.45, 2.75) is 32.2 Å². The van der Waals surface area contributed by atoms with Crippen LogP contribution in [0, 0.1) is 6.92 Å². The van der Waals surface area contributed by atoms with Gasteiger partial charge in [0.1, 0.15) is 0 Å². The van der Waals surface area contributed by atoms with Crippen LogP contribution in [-0.4, -0.2) is 11.1 Å². The molecule has 4 rings (SSSR count). The Hall–Kier alpha value is -2.40. The van der Waals surface area contributed by atoms with Crippen LogP contribution in [0.3, 0.4) is 0 Å². The highest BCUT2D eigenvalue weighted by atomic mass is 79.9. The number of nitrogens with one attached hydrogen (secondary N) is 1. The van der Waals surface area contributed by atoms with Gasteiger partial charge in [-0.1, -0.05) is 57.5 Å². The standard InChI is InChI=1S/C21H19BrN2O2/c1-13-18(21(26-24-13)15-6-9-16(22)10-7-15)12-20(25)23-19-11-8-14-4-2-3-5-17(14)19/h2-7,9-10,19H,8,11-12H2,1H3,(H,23,25)/t19-/m1/s1. The summed E-state index contributed by atoms with van der Waals surface area (Å²) in [6.07, 6.45) is 2.23. The third-order valence-electron chi connectivity index (χ3n) is 4.90. The summed E-state index contributed by atoms with van der Waals surface area (Å²) in [4.78, 5) is 12.7. The number of benzene rings is 2. The van der Waals surface area contributed by atoms with E-state index in [1.165, 1.54) is 11.1 Å². The number of carbonyl (C=O) groups excluding carboxylic acids is 1. The molecule has 1 heterocycles. The van der Waals surface area contributed by atoms with Crippen LogP contribution in [0.4, 0.5) is 0 Å². The maximum absolute atomic E-state index is 12.7. The van der Waals surface area contributed by atoms with E-state index in [0.29, 0.717) is 5.76 Å². The van der Waals surface area contributed by atoms with Crippen LogP contribution in [-0.2, 0) is 17.6 Å². The first-order valence-corrected chi connectivity index (χ1v) is 9.49. The highest BCUT2D eigenvalue weighted by Gasteiger charge is 2.25. The van der Waals surface area contributed by atoms with Crippen LogP contribution >= 0.6 is 15.9 Å². The summed E-state index contributed by atoms with van der Waals surface area (Å²) < 4.78 is 6.50. The van der Waals surface area contributed by atoms with Crippen LogP contribution in [0.1, 0.15) is 34.8 Å². The van der Waals surface area contributed by atoms with Gasteiger partial charge in [-0.05, 0) is 43.0 Å². The third-order valence-corrected chi connectivity index (χ3v) is 5.43. The molecular formula is C21H19BrN2O2. The maximum Gasteiger partial charge on any atom is 0.225 e. The lowest BCUT2D eigenvalue weighted by Gasteiger charge is -2.14. The minimum absolute atomic E-state index is 0.00337. The number of nitrogens with zero attached hydrogens (tertiary/aromatic N) is 1. The Balaban J connectivity index is 1.52. The summed E-state index contributed by atoms with van der Waals surface area (Å²) in [7, 11) is 0. The van der Waals surface area contributed by atoms with Gasteiger partial charge in [0.2, 0.25) is 5.91 Å². The fourth-order valence-electron chi connectivity index (χ4n) is 3.54. The van der Waals surface area contributed by atoms with E-state index in [0.717, 1.165) is 34.1 Å². The van der Waals surface area contributed by atoms with Crippen LogP contribution in [0.5, 0.6) is 0 Å². The zero-order chi connectivity index (χ0) is 18.1. The number of carbonyl (C=O) groups is 1. The zero-order valence-corrected chi connectivity index (χ0v) is 16.0. The molecule has 4 nitrogen and oxygen atoms in total. The molecule has 0 spiro atoms. The van der Waals surface area contributed by atoms with E-state index in [-0.39, 0.29) is 18.4 Å². The average molecular weight is 411 g/mol. The Labute approximate surface area is 160 Å². The van der Waals surface area contributed by atoms with Crippen molar-refractivity contribution in [1.29, 1.82) is 0 Å². The Kier molecular flexibility index (Phi) is 4.64. The lowest BCUT2D eigenvalue weighted by molar-refractivity contribution is -0.121. The lowest BCUT2D eigenvalue weighted by Crippen LogP contribution is -2.28. The van der Waals surface area contributed by atoms with Crippen LogP contribution in [0.2, 0.25) is 0 Å². The van der Waals surface area contributed by atoms with Gasteiger partial charge in [0.15, 0.2) is 5.76 Å². The molecule has 1 aromatic heterocycles. The van der Waals surface area contributed by atoms with Crippen LogP contribution in [0.15, 0.2) is 57.5 Å². The van der Waals surface area contributed by atoms with Gasteiger partial charge in [0.05, 0.1) is 18.2 Å². The number of hydrogen-bond acceptors (Lipinski definition) is 3. The molecule has 132 valence electrons. The van der Waals surface area contributed by atoms with E-state index >= 15 is 0 Å². The molecule has 0 radical (unpaired) electrons. The second-order valence-electron chi connectivity index (χ2n) is 6.62. The van der Waals surface area contributed by atoms with Crippen LogP contribution in [0.25, 0.3) is 11.3 Å². The highest BCUT2D eigenvalue weighted by Crippen LogP contribution is 2.31. The van der Waals surface area contributed by atoms with Crippen molar-refractivity contribution in [3.63, 3.8) is 0 Å². The molecule has 5 heteroatoms. The van der Waals surface area contributed by atoms with Gasteiger partial charge in [-0.15, -0.1) is 0 Å². The number of aromatic nitrogens is 1. The predicted octanol–water partition coefficient (Wildman–Crippen LogP) is 4.76. The van der Waals surface area contributed by atoms with Gasteiger partial charge in [0.25, 0.3) is 0 Å². The van der Waals surface area contributed by atoms with Crippen molar-refractivity contribution >= 4 is 21.8 Å². The Morgan fingerprint density at radius 1 is 1.23 bits per heavy atom. The normalized spacial score (nSPS) is 15.7. The quantitative estimate of drug-likeness (QED) is 0.674. The molecule has 3 aromatic rings. The van der Waals surface area contributed by atoms with Crippen molar-refractivity contribution in [3.05, 3.63) is 75.4 Å². The van der Waals surface area contributed by atoms with Gasteiger partial charge in [0, 0.05) is 15.6 Å². The topological polar surface area (TPSA) is 55.1 Å². The third kappa shape index (κ3) is 3.31. The highest BCUT2D eigenvalue weighted by molar-refractivity contribution is 9.10. The van der Waals surface area contributed by atoms with E-state index < -0.39 is 0 Å². The van der Waals surface area contributed by atoms with Crippen molar-refractivity contribution in [2.75, 3.05) is 0 Å². The van der Waals surface area contributed by atoms with Gasteiger partial charge in [-0.25, -0.2) is 0 Å².